The maximum Gasteiger partial charge on any atom is 0.0385 e. The highest BCUT2D eigenvalue weighted by atomic mass is 32.2. The molecule has 0 radical (unpaired) electrons. The van der Waals surface area contributed by atoms with Crippen molar-refractivity contribution in [1.82, 2.24) is 4.90 Å². The van der Waals surface area contributed by atoms with Crippen LogP contribution in [-0.4, -0.2) is 43.1 Å². The zero-order valence-electron chi connectivity index (χ0n) is 8.60. The predicted octanol–water partition coefficient (Wildman–Crippen LogP) is 2.37. The summed E-state index contributed by atoms with van der Waals surface area (Å²) in [5.41, 5.74) is 8.10. The Morgan fingerprint density at radius 3 is 2.85 bits per heavy atom. The van der Waals surface area contributed by atoms with Crippen LogP contribution in [0.4, 0.5) is 0 Å². The molecule has 0 spiro atoms. The fourth-order valence-corrected chi connectivity index (χ4v) is 1.55. The second kappa shape index (κ2) is 8.23. The Kier molecular flexibility index (Phi) is 7.99. The largest absolute Gasteiger partial charge is 0.304 e. The number of hydrogen-bond acceptors (Lipinski definition) is 3. The van der Waals surface area contributed by atoms with Crippen LogP contribution in [0, 0.1) is 0 Å². The number of likely N-dealkylation sites (N-methyl/N-ethyl adjacent to an activating group) is 1. The van der Waals surface area contributed by atoms with E-state index in [1.807, 2.05) is 11.8 Å². The van der Waals surface area contributed by atoms with E-state index in [2.05, 4.69) is 35.2 Å². The number of hydrogen-bond donors (Lipinski definition) is 0. The fourth-order valence-electron chi connectivity index (χ4n) is 0.976. The van der Waals surface area contributed by atoms with E-state index in [0.29, 0.717) is 12.6 Å². The molecule has 76 valence electrons. The average Bonchev–Trinajstić information content (AvgIpc) is 2.14. The quantitative estimate of drug-likeness (QED) is 0.361. The van der Waals surface area contributed by atoms with Crippen molar-refractivity contribution in [3.8, 4) is 0 Å². The molecule has 0 aliphatic heterocycles. The minimum absolute atomic E-state index is 0.566. The summed E-state index contributed by atoms with van der Waals surface area (Å²) in [5.74, 6) is 1.19. The molecule has 0 heterocycles. The van der Waals surface area contributed by atoms with Gasteiger partial charge in [0.15, 0.2) is 0 Å². The van der Waals surface area contributed by atoms with Crippen LogP contribution in [0.3, 0.4) is 0 Å². The molecule has 1 atom stereocenters. The molecule has 0 saturated carbocycles. The van der Waals surface area contributed by atoms with Crippen LogP contribution in [0.1, 0.15) is 13.3 Å². The van der Waals surface area contributed by atoms with E-state index < -0.39 is 0 Å². The SMILES string of the molecule is CSCCC(C)N(C)CCN=[N+]=[N-]. The maximum atomic E-state index is 8.10. The lowest BCUT2D eigenvalue weighted by atomic mass is 10.2. The summed E-state index contributed by atoms with van der Waals surface area (Å²) < 4.78 is 0. The Bertz CT molecular complexity index is 168. The molecule has 0 fully saturated rings. The van der Waals surface area contributed by atoms with Crippen LogP contribution in [-0.2, 0) is 0 Å². The first kappa shape index (κ1) is 12.6. The minimum atomic E-state index is 0.566. The molecule has 0 aliphatic carbocycles. The summed E-state index contributed by atoms with van der Waals surface area (Å²) in [5, 5.41) is 3.51. The number of azide groups is 1. The Morgan fingerprint density at radius 2 is 2.31 bits per heavy atom. The van der Waals surface area contributed by atoms with Crippen LogP contribution in [0.2, 0.25) is 0 Å². The van der Waals surface area contributed by atoms with Gasteiger partial charge < -0.3 is 4.90 Å². The highest BCUT2D eigenvalue weighted by Gasteiger charge is 2.06. The van der Waals surface area contributed by atoms with Crippen molar-refractivity contribution < 1.29 is 0 Å². The van der Waals surface area contributed by atoms with E-state index in [1.54, 1.807) is 0 Å². The highest BCUT2D eigenvalue weighted by molar-refractivity contribution is 7.98. The van der Waals surface area contributed by atoms with E-state index in [0.717, 1.165) is 6.54 Å². The van der Waals surface area contributed by atoms with Gasteiger partial charge in [0.25, 0.3) is 0 Å². The molecule has 1 unspecified atom stereocenters. The third kappa shape index (κ3) is 6.75. The Morgan fingerprint density at radius 1 is 1.62 bits per heavy atom. The van der Waals surface area contributed by atoms with Crippen molar-refractivity contribution in [1.29, 1.82) is 0 Å². The number of rotatable bonds is 7. The molecule has 0 aromatic carbocycles. The summed E-state index contributed by atoms with van der Waals surface area (Å²) in [6.07, 6.45) is 3.31. The molecule has 0 aliphatic rings. The van der Waals surface area contributed by atoms with Gasteiger partial charge in [0, 0.05) is 24.0 Å². The molecule has 0 amide bonds. The van der Waals surface area contributed by atoms with Crippen LogP contribution >= 0.6 is 11.8 Å². The standard InChI is InChI=1S/C8H18N4S/c1-8(4-7-13-3)12(2)6-5-10-11-9/h8H,4-7H2,1-3H3. The molecular weight excluding hydrogens is 184 g/mol. The molecule has 0 rings (SSSR count). The van der Waals surface area contributed by atoms with E-state index in [-0.39, 0.29) is 0 Å². The summed E-state index contributed by atoms with van der Waals surface area (Å²) in [6, 6.07) is 0.571. The normalized spacial score (nSPS) is 12.6. The minimum Gasteiger partial charge on any atom is -0.304 e. The first-order chi connectivity index (χ1) is 6.22. The summed E-state index contributed by atoms with van der Waals surface area (Å²) >= 11 is 1.87. The van der Waals surface area contributed by atoms with Gasteiger partial charge in [-0.15, -0.1) is 0 Å². The van der Waals surface area contributed by atoms with E-state index in [1.165, 1.54) is 12.2 Å². The van der Waals surface area contributed by atoms with Gasteiger partial charge in [-0.1, -0.05) is 5.11 Å². The van der Waals surface area contributed by atoms with Crippen molar-refractivity contribution in [2.24, 2.45) is 5.11 Å². The van der Waals surface area contributed by atoms with Gasteiger partial charge in [-0.25, -0.2) is 0 Å². The number of nitrogens with zero attached hydrogens (tertiary/aromatic N) is 4. The van der Waals surface area contributed by atoms with E-state index in [4.69, 9.17) is 5.53 Å². The Hall–Kier alpha value is -0.380. The topological polar surface area (TPSA) is 52.0 Å². The van der Waals surface area contributed by atoms with Crippen molar-refractivity contribution in [2.75, 3.05) is 32.1 Å². The lowest BCUT2D eigenvalue weighted by Gasteiger charge is -2.23. The Labute approximate surface area is 84.3 Å². The first-order valence-corrected chi connectivity index (χ1v) is 5.81. The van der Waals surface area contributed by atoms with Crippen molar-refractivity contribution >= 4 is 11.8 Å². The molecule has 4 nitrogen and oxygen atoms in total. The van der Waals surface area contributed by atoms with Gasteiger partial charge in [-0.3, -0.25) is 0 Å². The summed E-state index contributed by atoms with van der Waals surface area (Å²) in [6.45, 7) is 3.61. The van der Waals surface area contributed by atoms with Crippen LogP contribution < -0.4 is 0 Å². The fraction of sp³-hybridized carbons (Fsp3) is 1.00. The summed E-state index contributed by atoms with van der Waals surface area (Å²) in [7, 11) is 2.07. The molecule has 0 N–H and O–H groups in total. The maximum absolute atomic E-state index is 8.10. The first-order valence-electron chi connectivity index (χ1n) is 4.42. The van der Waals surface area contributed by atoms with Gasteiger partial charge in [0.1, 0.15) is 0 Å². The lowest BCUT2D eigenvalue weighted by Crippen LogP contribution is -2.31. The van der Waals surface area contributed by atoms with Gasteiger partial charge in [-0.2, -0.15) is 11.8 Å². The van der Waals surface area contributed by atoms with Crippen molar-refractivity contribution in [3.63, 3.8) is 0 Å². The zero-order chi connectivity index (χ0) is 10.1. The second-order valence-corrected chi connectivity index (χ2v) is 4.05. The van der Waals surface area contributed by atoms with Gasteiger partial charge in [0.05, 0.1) is 0 Å². The Balaban J connectivity index is 3.55. The highest BCUT2D eigenvalue weighted by Crippen LogP contribution is 2.05. The molecule has 0 bridgehead atoms. The van der Waals surface area contributed by atoms with Crippen LogP contribution in [0.15, 0.2) is 5.11 Å². The van der Waals surface area contributed by atoms with Crippen molar-refractivity contribution in [2.45, 2.75) is 19.4 Å². The average molecular weight is 202 g/mol. The van der Waals surface area contributed by atoms with Gasteiger partial charge >= 0.3 is 0 Å². The third-order valence-corrected chi connectivity index (χ3v) is 2.75. The molecule has 0 aromatic rings. The second-order valence-electron chi connectivity index (χ2n) is 3.07. The zero-order valence-corrected chi connectivity index (χ0v) is 9.42. The molecule has 0 saturated heterocycles. The van der Waals surface area contributed by atoms with Crippen LogP contribution in [0.25, 0.3) is 10.4 Å². The summed E-state index contributed by atoms with van der Waals surface area (Å²) in [4.78, 5) is 4.95. The van der Waals surface area contributed by atoms with Gasteiger partial charge in [-0.05, 0) is 37.9 Å². The molecule has 5 heteroatoms. The predicted molar refractivity (Wildman–Crippen MR) is 59.1 cm³/mol. The molecule has 0 aromatic heterocycles. The van der Waals surface area contributed by atoms with Gasteiger partial charge in [0.2, 0.25) is 0 Å². The molecule has 13 heavy (non-hydrogen) atoms. The third-order valence-electron chi connectivity index (χ3n) is 2.11. The van der Waals surface area contributed by atoms with Crippen LogP contribution in [0.5, 0.6) is 0 Å². The smallest absolute Gasteiger partial charge is 0.0385 e. The van der Waals surface area contributed by atoms with E-state index in [9.17, 15) is 0 Å². The lowest BCUT2D eigenvalue weighted by molar-refractivity contribution is 0.260. The molecular formula is C8H18N4S. The van der Waals surface area contributed by atoms with E-state index >= 15 is 0 Å². The van der Waals surface area contributed by atoms with Crippen molar-refractivity contribution in [3.05, 3.63) is 10.4 Å². The number of thioether (sulfide) groups is 1. The monoisotopic (exact) mass is 202 g/mol.